The van der Waals surface area contributed by atoms with E-state index in [0.29, 0.717) is 48.8 Å². The summed E-state index contributed by atoms with van der Waals surface area (Å²) >= 11 is 0. The fourth-order valence-electron chi connectivity index (χ4n) is 11.8. The summed E-state index contributed by atoms with van der Waals surface area (Å²) in [7, 11) is -3.38. The van der Waals surface area contributed by atoms with Crippen LogP contribution in [0.4, 0.5) is 0 Å². The van der Waals surface area contributed by atoms with Crippen molar-refractivity contribution < 1.29 is 32.0 Å². The molecule has 6 aliphatic rings. The topological polar surface area (TPSA) is 158 Å². The fourth-order valence-corrected chi connectivity index (χ4v) is 13.2. The van der Waals surface area contributed by atoms with Gasteiger partial charge in [0.05, 0.1) is 12.3 Å². The SMILES string of the molecule is C=C[C@@H]1C[C@]1(C)C(=C)NS(=O)(=O)N1CCCC1.CC(=O)C1C[C@@]2(CN1C(=O)[C@@H](NC(=O)C(NC(=O)c1ccc3occc3c1)C1CCCCC1)C(C)(C)C)C(C)(C)C21CCC1. The van der Waals surface area contributed by atoms with Crippen molar-refractivity contribution in [2.24, 2.45) is 38.9 Å². The highest BCUT2D eigenvalue weighted by atomic mass is 32.2. The molecular formula is C48H69N5O7S. The van der Waals surface area contributed by atoms with Crippen molar-refractivity contribution in [1.82, 2.24) is 24.6 Å². The number of benzene rings is 1. The molecule has 1 aromatic heterocycles. The van der Waals surface area contributed by atoms with Crippen LogP contribution in [0.5, 0.6) is 0 Å². The highest BCUT2D eigenvalue weighted by molar-refractivity contribution is 7.87. The van der Waals surface area contributed by atoms with Gasteiger partial charge in [-0.05, 0) is 111 Å². The van der Waals surface area contributed by atoms with Crippen molar-refractivity contribution in [1.29, 1.82) is 0 Å². The number of allylic oxidation sites excluding steroid dienone is 2. The summed E-state index contributed by atoms with van der Waals surface area (Å²) in [5, 5.41) is 6.99. The van der Waals surface area contributed by atoms with E-state index >= 15 is 0 Å². The number of hydrogen-bond donors (Lipinski definition) is 3. The molecular weight excluding hydrogens is 791 g/mol. The Hall–Kier alpha value is -3.97. The number of rotatable bonds is 12. The van der Waals surface area contributed by atoms with Gasteiger partial charge in [0.1, 0.15) is 17.7 Å². The van der Waals surface area contributed by atoms with Gasteiger partial charge in [0, 0.05) is 47.1 Å². The Morgan fingerprint density at radius 2 is 1.59 bits per heavy atom. The number of furan rings is 1. The van der Waals surface area contributed by atoms with Crippen LogP contribution in [0.15, 0.2) is 59.9 Å². The minimum Gasteiger partial charge on any atom is -0.464 e. The Bertz CT molecular complexity index is 2170. The molecule has 8 rings (SSSR count). The second kappa shape index (κ2) is 16.3. The predicted octanol–water partition coefficient (Wildman–Crippen LogP) is 7.67. The number of likely N-dealkylation sites (tertiary alicyclic amines) is 1. The Balaban J connectivity index is 0.000000276. The van der Waals surface area contributed by atoms with Crippen LogP contribution in [0.3, 0.4) is 0 Å². The third-order valence-corrected chi connectivity index (χ3v) is 17.9. The first-order valence-corrected chi connectivity index (χ1v) is 24.1. The molecule has 6 atom stereocenters. The predicted molar refractivity (Wildman–Crippen MR) is 237 cm³/mol. The zero-order chi connectivity index (χ0) is 44.3. The van der Waals surface area contributed by atoms with E-state index in [9.17, 15) is 27.6 Å². The van der Waals surface area contributed by atoms with Crippen LogP contribution in [0.25, 0.3) is 11.0 Å². The zero-order valence-electron chi connectivity index (χ0n) is 37.5. The van der Waals surface area contributed by atoms with Gasteiger partial charge in [-0.25, -0.2) is 0 Å². The molecule has 3 N–H and O–H groups in total. The summed E-state index contributed by atoms with van der Waals surface area (Å²) in [5.74, 6) is -0.522. The third kappa shape index (κ3) is 8.00. The van der Waals surface area contributed by atoms with Crippen LogP contribution < -0.4 is 15.4 Å². The van der Waals surface area contributed by atoms with Gasteiger partial charge in [0.15, 0.2) is 5.78 Å². The van der Waals surface area contributed by atoms with Crippen molar-refractivity contribution in [3.05, 3.63) is 61.0 Å². The van der Waals surface area contributed by atoms with Crippen LogP contribution >= 0.6 is 0 Å². The van der Waals surface area contributed by atoms with Gasteiger partial charge in [-0.3, -0.25) is 23.9 Å². The molecule has 2 aromatic rings. The quantitative estimate of drug-likeness (QED) is 0.185. The second-order valence-corrected chi connectivity index (χ2v) is 22.6. The number of hydrogen-bond acceptors (Lipinski definition) is 7. The van der Waals surface area contributed by atoms with E-state index in [1.807, 2.05) is 39.8 Å². The maximum atomic E-state index is 14.5. The van der Waals surface area contributed by atoms with Crippen LogP contribution in [-0.4, -0.2) is 78.9 Å². The number of fused-ring (bicyclic) bond motifs is 2. The number of ketones is 1. The fraction of sp³-hybridized carbons (Fsp3) is 0.667. The van der Waals surface area contributed by atoms with E-state index in [4.69, 9.17) is 4.42 Å². The highest BCUT2D eigenvalue weighted by Crippen LogP contribution is 2.88. The first-order valence-electron chi connectivity index (χ1n) is 22.6. The van der Waals surface area contributed by atoms with E-state index < -0.39 is 33.7 Å². The molecule has 2 aliphatic heterocycles. The highest BCUT2D eigenvalue weighted by Gasteiger charge is 2.85. The van der Waals surface area contributed by atoms with Gasteiger partial charge in [-0.1, -0.05) is 79.9 Å². The van der Waals surface area contributed by atoms with Crippen LogP contribution in [-0.2, 0) is 24.6 Å². The van der Waals surface area contributed by atoms with Gasteiger partial charge in [-0.2, -0.15) is 12.7 Å². The maximum Gasteiger partial charge on any atom is 0.301 e. The van der Waals surface area contributed by atoms with Crippen molar-refractivity contribution >= 4 is 44.7 Å². The number of Topliss-reactive ketones (excluding diaryl/α,β-unsaturated/α-hetero) is 1. The lowest BCUT2D eigenvalue weighted by Crippen LogP contribution is -2.61. The number of carbonyl (C=O) groups is 4. The number of amides is 3. The molecule has 4 saturated carbocycles. The van der Waals surface area contributed by atoms with Crippen molar-refractivity contribution in [2.45, 2.75) is 144 Å². The molecule has 1 aromatic carbocycles. The number of nitrogens with zero attached hydrogens (tertiary/aromatic N) is 2. The first kappa shape index (κ1) is 45.1. The lowest BCUT2D eigenvalue weighted by molar-refractivity contribution is -0.143. The monoisotopic (exact) mass is 859 g/mol. The van der Waals surface area contributed by atoms with Crippen LogP contribution in [0, 0.1) is 38.9 Å². The number of nitrogens with one attached hydrogen (secondary N) is 3. The van der Waals surface area contributed by atoms with Gasteiger partial charge >= 0.3 is 10.2 Å². The summed E-state index contributed by atoms with van der Waals surface area (Å²) in [6.45, 7) is 23.5. The normalized spacial score (nSPS) is 28.9. The van der Waals surface area contributed by atoms with Crippen molar-refractivity contribution in [3.63, 3.8) is 0 Å². The summed E-state index contributed by atoms with van der Waals surface area (Å²) in [6, 6.07) is 4.96. The average Bonchev–Trinajstić information content (AvgIpc) is 3.62. The van der Waals surface area contributed by atoms with E-state index in [1.165, 1.54) is 10.7 Å². The number of carbonyl (C=O) groups excluding carboxylic acids is 4. The molecule has 2 unspecified atom stereocenters. The molecule has 2 spiro atoms. The maximum absolute atomic E-state index is 14.5. The minimum atomic E-state index is -3.38. The molecule has 334 valence electrons. The smallest absolute Gasteiger partial charge is 0.301 e. The van der Waals surface area contributed by atoms with E-state index in [2.05, 4.69) is 42.4 Å². The summed E-state index contributed by atoms with van der Waals surface area (Å²) in [5.41, 5.74) is 1.23. The summed E-state index contributed by atoms with van der Waals surface area (Å²) < 4.78 is 33.6. The molecule has 0 bridgehead atoms. The molecule has 3 heterocycles. The van der Waals surface area contributed by atoms with Crippen molar-refractivity contribution in [3.8, 4) is 0 Å². The summed E-state index contributed by atoms with van der Waals surface area (Å²) in [4.78, 5) is 57.0. The lowest BCUT2D eigenvalue weighted by atomic mass is 9.73. The third-order valence-electron chi connectivity index (χ3n) is 16.3. The molecule has 4 aliphatic carbocycles. The molecule has 12 nitrogen and oxygen atoms in total. The van der Waals surface area contributed by atoms with Crippen LogP contribution in [0.2, 0.25) is 0 Å². The molecule has 2 saturated heterocycles. The first-order chi connectivity index (χ1) is 28.6. The Morgan fingerprint density at radius 1 is 0.918 bits per heavy atom. The molecule has 3 amide bonds. The standard InChI is InChI=1S/C36H49N3O5.C12H20N2O2S/c1-22(40)26-20-36(34(5,6)35(36)16-10-17-35)21-39(26)32(43)29(33(2,3)4)38-31(42)28(23-11-8-7-9-12-23)37-30(41)25-13-14-27-24(19-25)15-18-44-27;1-4-11-9-12(11,3)10(2)13-17(15,16)14-7-5-6-8-14/h13-15,18-19,23,26,28-29H,7-12,16-17,20-21H2,1-6H3,(H,37,41)(H,38,42);4,11,13H,1-2,5-9H2,3H3/t26?,28?,29-,36-;11-,12-/m11/s1. The molecule has 0 radical (unpaired) electrons. The lowest BCUT2D eigenvalue weighted by Gasteiger charge is -2.37. The average molecular weight is 860 g/mol. The molecule has 6 fully saturated rings. The van der Waals surface area contributed by atoms with Gasteiger partial charge in [-0.15, -0.1) is 6.58 Å². The van der Waals surface area contributed by atoms with E-state index in [0.717, 1.165) is 69.6 Å². The second-order valence-electron chi connectivity index (χ2n) is 20.9. The molecule has 61 heavy (non-hydrogen) atoms. The van der Waals surface area contributed by atoms with Gasteiger partial charge in [0.25, 0.3) is 5.91 Å². The Labute approximate surface area is 363 Å². The van der Waals surface area contributed by atoms with Crippen LogP contribution in [0.1, 0.15) is 136 Å². The van der Waals surface area contributed by atoms with Gasteiger partial charge < -0.3 is 20.0 Å². The Kier molecular flexibility index (Phi) is 12.0. The van der Waals surface area contributed by atoms with Gasteiger partial charge in [0.2, 0.25) is 11.8 Å². The summed E-state index contributed by atoms with van der Waals surface area (Å²) in [6.07, 6.45) is 15.3. The van der Waals surface area contributed by atoms with E-state index in [1.54, 1.807) is 36.3 Å². The largest absolute Gasteiger partial charge is 0.464 e. The van der Waals surface area contributed by atoms with Crippen molar-refractivity contribution in [2.75, 3.05) is 19.6 Å². The molecule has 13 heteroatoms. The van der Waals surface area contributed by atoms with E-state index in [-0.39, 0.29) is 51.1 Å². The Morgan fingerprint density at radius 3 is 2.15 bits per heavy atom. The zero-order valence-corrected chi connectivity index (χ0v) is 38.3. The minimum absolute atomic E-state index is 0.00770.